The Kier molecular flexibility index (Phi) is 8.10. The van der Waals surface area contributed by atoms with Crippen LogP contribution < -0.4 is 15.5 Å². The molecule has 7 nitrogen and oxygen atoms in total. The zero-order chi connectivity index (χ0) is 22.9. The van der Waals surface area contributed by atoms with E-state index in [9.17, 15) is 14.3 Å². The molecule has 0 spiro atoms. The molecule has 8 heteroatoms. The normalized spacial score (nSPS) is 11.6. The third-order valence-electron chi connectivity index (χ3n) is 4.83. The topological polar surface area (TPSA) is 90.4 Å². The first-order valence-corrected chi connectivity index (χ1v) is 10.5. The van der Waals surface area contributed by atoms with Crippen molar-refractivity contribution in [2.24, 2.45) is 0 Å². The lowest BCUT2D eigenvalue weighted by Gasteiger charge is -2.21. The van der Waals surface area contributed by atoms with Gasteiger partial charge in [-0.1, -0.05) is 18.2 Å². The number of amides is 1. The third-order valence-corrected chi connectivity index (χ3v) is 4.83. The number of benzene rings is 1. The summed E-state index contributed by atoms with van der Waals surface area (Å²) in [5, 5.41) is 15.8. The minimum absolute atomic E-state index is 0.265. The van der Waals surface area contributed by atoms with E-state index in [1.807, 2.05) is 30.1 Å². The predicted octanol–water partition coefficient (Wildman–Crippen LogP) is 3.02. The van der Waals surface area contributed by atoms with Gasteiger partial charge in [0.15, 0.2) is 0 Å². The number of aliphatic hydroxyl groups excluding tert-OH is 1. The first-order valence-electron chi connectivity index (χ1n) is 10.5. The van der Waals surface area contributed by atoms with Gasteiger partial charge in [0.1, 0.15) is 17.5 Å². The number of hydrogen-bond donors (Lipinski definition) is 3. The molecular weight excluding hydrogens is 409 g/mol. The van der Waals surface area contributed by atoms with E-state index < -0.39 is 6.10 Å². The first-order chi connectivity index (χ1) is 15.4. The van der Waals surface area contributed by atoms with E-state index in [4.69, 9.17) is 0 Å². The maximum absolute atomic E-state index is 13.4. The van der Waals surface area contributed by atoms with Crippen molar-refractivity contribution in [3.8, 4) is 0 Å². The van der Waals surface area contributed by atoms with Crippen molar-refractivity contribution in [3.63, 3.8) is 0 Å². The Morgan fingerprint density at radius 1 is 1.19 bits per heavy atom. The van der Waals surface area contributed by atoms with E-state index in [0.29, 0.717) is 43.3 Å². The second kappa shape index (κ2) is 11.2. The second-order valence-electron chi connectivity index (χ2n) is 7.65. The zero-order valence-corrected chi connectivity index (χ0v) is 18.3. The number of rotatable bonds is 10. The molecule has 32 heavy (non-hydrogen) atoms. The maximum Gasteiger partial charge on any atom is 0.255 e. The van der Waals surface area contributed by atoms with Gasteiger partial charge in [-0.3, -0.25) is 9.78 Å². The van der Waals surface area contributed by atoms with Crippen molar-refractivity contribution in [2.45, 2.75) is 26.0 Å². The smallest absolute Gasteiger partial charge is 0.255 e. The molecule has 2 heterocycles. The van der Waals surface area contributed by atoms with Gasteiger partial charge in [-0.15, -0.1) is 0 Å². The zero-order valence-electron chi connectivity index (χ0n) is 18.3. The molecule has 0 saturated heterocycles. The van der Waals surface area contributed by atoms with Crippen molar-refractivity contribution in [1.82, 2.24) is 15.3 Å². The molecule has 0 fully saturated rings. The average Bonchev–Trinajstić information content (AvgIpc) is 2.78. The van der Waals surface area contributed by atoms with Crippen LogP contribution in [0.25, 0.3) is 0 Å². The molecule has 3 aromatic rings. The lowest BCUT2D eigenvalue weighted by molar-refractivity contribution is 0.0951. The number of nitrogens with zero attached hydrogens (tertiary/aromatic N) is 3. The number of carbonyl (C=O) groups excluding carboxylic acids is 1. The summed E-state index contributed by atoms with van der Waals surface area (Å²) in [5.41, 5.74) is 2.15. The fourth-order valence-corrected chi connectivity index (χ4v) is 3.27. The lowest BCUT2D eigenvalue weighted by atomic mass is 10.1. The average molecular weight is 438 g/mol. The summed E-state index contributed by atoms with van der Waals surface area (Å²) in [6.45, 7) is 2.93. The highest BCUT2D eigenvalue weighted by Gasteiger charge is 2.16. The van der Waals surface area contributed by atoms with Gasteiger partial charge in [-0.05, 0) is 54.8 Å². The lowest BCUT2D eigenvalue weighted by Crippen LogP contribution is -2.29. The Morgan fingerprint density at radius 3 is 2.72 bits per heavy atom. The summed E-state index contributed by atoms with van der Waals surface area (Å²) < 4.78 is 13.4. The number of aromatic nitrogens is 2. The van der Waals surface area contributed by atoms with E-state index >= 15 is 0 Å². The molecular formula is C24H28FN5O2. The molecule has 3 N–H and O–H groups in total. The van der Waals surface area contributed by atoms with Crippen LogP contribution in [0.2, 0.25) is 0 Å². The second-order valence-corrected chi connectivity index (χ2v) is 7.65. The Labute approximate surface area is 187 Å². The summed E-state index contributed by atoms with van der Waals surface area (Å²) in [4.78, 5) is 23.3. The number of pyridine rings is 2. The van der Waals surface area contributed by atoms with Crippen LogP contribution in [0.3, 0.4) is 0 Å². The van der Waals surface area contributed by atoms with Crippen LogP contribution in [0.4, 0.5) is 16.0 Å². The van der Waals surface area contributed by atoms with Crippen LogP contribution in [-0.2, 0) is 13.0 Å². The molecule has 3 rings (SSSR count). The molecule has 0 aliphatic heterocycles. The standard InChI is InChI=1S/C24H28FN5O2/c1-17(31)16-30(2)22-9-8-21(24(32)28-15-19-6-4-11-26-14-19)23(29-22)27-12-10-18-5-3-7-20(25)13-18/h3-9,11,13-14,17,31H,10,12,15-16H2,1-2H3,(H,27,29)(H,28,32). The quantitative estimate of drug-likeness (QED) is 0.452. The molecule has 1 aromatic carbocycles. The molecule has 1 amide bonds. The van der Waals surface area contributed by atoms with Crippen molar-refractivity contribution in [1.29, 1.82) is 0 Å². The Hall–Kier alpha value is -3.52. The predicted molar refractivity (Wildman–Crippen MR) is 123 cm³/mol. The molecule has 0 bridgehead atoms. The molecule has 168 valence electrons. The molecule has 1 unspecified atom stereocenters. The van der Waals surface area contributed by atoms with E-state index in [0.717, 1.165) is 11.1 Å². The van der Waals surface area contributed by atoms with Crippen LogP contribution >= 0.6 is 0 Å². The highest BCUT2D eigenvalue weighted by Crippen LogP contribution is 2.19. The number of anilines is 2. The van der Waals surface area contributed by atoms with E-state index in [2.05, 4.69) is 20.6 Å². The summed E-state index contributed by atoms with van der Waals surface area (Å²) in [5.74, 6) is 0.514. The van der Waals surface area contributed by atoms with Gasteiger partial charge in [-0.25, -0.2) is 9.37 Å². The Morgan fingerprint density at radius 2 is 2.00 bits per heavy atom. The number of likely N-dealkylation sites (N-methyl/N-ethyl adjacent to an activating group) is 1. The van der Waals surface area contributed by atoms with Crippen LogP contribution in [0.1, 0.15) is 28.4 Å². The molecule has 0 aliphatic rings. The monoisotopic (exact) mass is 437 g/mol. The van der Waals surface area contributed by atoms with Crippen molar-refractivity contribution in [3.05, 3.63) is 83.4 Å². The van der Waals surface area contributed by atoms with Gasteiger partial charge in [-0.2, -0.15) is 0 Å². The number of aliphatic hydroxyl groups is 1. The number of carbonyl (C=O) groups is 1. The van der Waals surface area contributed by atoms with E-state index in [1.165, 1.54) is 12.1 Å². The number of halogens is 1. The van der Waals surface area contributed by atoms with E-state index in [-0.39, 0.29) is 11.7 Å². The summed E-state index contributed by atoms with van der Waals surface area (Å²) in [6, 6.07) is 13.6. The van der Waals surface area contributed by atoms with Crippen LogP contribution in [0.5, 0.6) is 0 Å². The summed E-state index contributed by atoms with van der Waals surface area (Å²) >= 11 is 0. The van der Waals surface area contributed by atoms with Gasteiger partial charge in [0.2, 0.25) is 0 Å². The van der Waals surface area contributed by atoms with Crippen molar-refractivity contribution < 1.29 is 14.3 Å². The van der Waals surface area contributed by atoms with Crippen LogP contribution in [0, 0.1) is 5.82 Å². The van der Waals surface area contributed by atoms with Gasteiger partial charge in [0.25, 0.3) is 5.91 Å². The summed E-state index contributed by atoms with van der Waals surface area (Å²) in [6.07, 6.45) is 3.43. The van der Waals surface area contributed by atoms with Gasteiger partial charge in [0.05, 0.1) is 11.7 Å². The van der Waals surface area contributed by atoms with E-state index in [1.54, 1.807) is 37.5 Å². The Balaban J connectivity index is 1.75. The largest absolute Gasteiger partial charge is 0.392 e. The summed E-state index contributed by atoms with van der Waals surface area (Å²) in [7, 11) is 1.83. The van der Waals surface area contributed by atoms with Gasteiger partial charge < -0.3 is 20.6 Å². The fraction of sp³-hybridized carbons (Fsp3) is 0.292. The van der Waals surface area contributed by atoms with Crippen molar-refractivity contribution >= 4 is 17.5 Å². The van der Waals surface area contributed by atoms with Crippen LogP contribution in [-0.4, -0.2) is 47.2 Å². The van der Waals surface area contributed by atoms with Crippen molar-refractivity contribution in [2.75, 3.05) is 30.4 Å². The van der Waals surface area contributed by atoms with Gasteiger partial charge >= 0.3 is 0 Å². The fourth-order valence-electron chi connectivity index (χ4n) is 3.27. The minimum Gasteiger partial charge on any atom is -0.392 e. The van der Waals surface area contributed by atoms with Gasteiger partial charge in [0, 0.05) is 39.1 Å². The molecule has 0 aliphatic carbocycles. The highest BCUT2D eigenvalue weighted by atomic mass is 19.1. The molecule has 0 radical (unpaired) electrons. The first kappa shape index (κ1) is 23.1. The minimum atomic E-state index is -0.520. The number of hydrogen-bond acceptors (Lipinski definition) is 6. The Bertz CT molecular complexity index is 1030. The molecule has 1 atom stereocenters. The third kappa shape index (κ3) is 6.75. The SMILES string of the molecule is CC(O)CN(C)c1ccc(C(=O)NCc2cccnc2)c(NCCc2cccc(F)c2)n1. The van der Waals surface area contributed by atoms with Crippen LogP contribution in [0.15, 0.2) is 60.9 Å². The molecule has 2 aromatic heterocycles. The number of nitrogens with one attached hydrogen (secondary N) is 2. The highest BCUT2D eigenvalue weighted by molar-refractivity contribution is 5.99. The maximum atomic E-state index is 13.4. The molecule has 0 saturated carbocycles.